The fourth-order valence-electron chi connectivity index (χ4n) is 1.60. The van der Waals surface area contributed by atoms with E-state index in [0.717, 1.165) is 5.70 Å². The zero-order chi connectivity index (χ0) is 21.2. The summed E-state index contributed by atoms with van der Waals surface area (Å²) in [7, 11) is 0. The number of thiocarbonyl (C=S) groups is 1. The summed E-state index contributed by atoms with van der Waals surface area (Å²) < 4.78 is 38.1. The molecule has 3 N–H and O–H groups in total. The van der Waals surface area contributed by atoms with E-state index in [9.17, 15) is 18.3 Å². The highest BCUT2D eigenvalue weighted by Gasteiger charge is 2.61. The lowest BCUT2D eigenvalue weighted by molar-refractivity contribution is -0.293. The Bertz CT molecular complexity index is 566. The molecule has 1 rings (SSSR count). The van der Waals surface area contributed by atoms with Gasteiger partial charge in [0.05, 0.1) is 5.49 Å². The summed E-state index contributed by atoms with van der Waals surface area (Å²) in [5, 5.41) is 13.7. The van der Waals surface area contributed by atoms with Gasteiger partial charge in [-0.05, 0) is 13.0 Å². The zero-order valence-electron chi connectivity index (χ0n) is 15.2. The van der Waals surface area contributed by atoms with Gasteiger partial charge in [-0.25, -0.2) is 5.01 Å². The van der Waals surface area contributed by atoms with Crippen LogP contribution < -0.4 is 5.73 Å². The average Bonchev–Trinajstić information content (AvgIpc) is 2.93. The third kappa shape index (κ3) is 7.77. The van der Waals surface area contributed by atoms with Crippen molar-refractivity contribution in [3.8, 4) is 12.8 Å². The topological polar surface area (TPSA) is 61.8 Å². The summed E-state index contributed by atoms with van der Waals surface area (Å²) in [5.41, 5.74) is 3.58. The molecule has 26 heavy (non-hydrogen) atoms. The lowest BCUT2D eigenvalue weighted by Crippen LogP contribution is -2.54. The molecule has 148 valence electrons. The maximum atomic E-state index is 12.7. The SMILES string of the molecule is C#C.C/C=C(N)\C=C/CCl.CC(C)(C)C1=NN(C=S)C(O)(C(F)(F)F)C1. The number of allylic oxidation sites excluding steroid dienone is 3. The molecule has 0 bridgehead atoms. The van der Waals surface area contributed by atoms with Crippen LogP contribution in [0.2, 0.25) is 0 Å². The Kier molecular flexibility index (Phi) is 11.5. The third-order valence-corrected chi connectivity index (χ3v) is 3.55. The van der Waals surface area contributed by atoms with E-state index in [0.29, 0.717) is 16.4 Å². The van der Waals surface area contributed by atoms with Gasteiger partial charge in [0.15, 0.2) is 0 Å². The Morgan fingerprint density at radius 2 is 1.92 bits per heavy atom. The summed E-state index contributed by atoms with van der Waals surface area (Å²) in [6, 6.07) is 0. The minimum Gasteiger partial charge on any atom is -0.399 e. The largest absolute Gasteiger partial charge is 0.438 e. The monoisotopic (exact) mass is 411 g/mol. The quantitative estimate of drug-likeness (QED) is 0.316. The number of aliphatic hydroxyl groups is 1. The van der Waals surface area contributed by atoms with Gasteiger partial charge < -0.3 is 10.8 Å². The Labute approximate surface area is 163 Å². The van der Waals surface area contributed by atoms with Crippen molar-refractivity contribution in [1.29, 1.82) is 0 Å². The van der Waals surface area contributed by atoms with Crippen molar-refractivity contribution >= 4 is 35.0 Å². The summed E-state index contributed by atoms with van der Waals surface area (Å²) in [4.78, 5) is 0. The standard InChI is InChI=1S/C9H13F3N2OS.C6H10ClN.C2H2/c1-7(2,3)6-4-8(15,9(10,11)12)14(5-16)13-6;1-2-6(8)4-3-5-7;1-2/h5,15H,4H2,1-3H3;2-4H,5,8H2,1H3;1-2H/b;4-3-,6-2+;. The molecule has 0 aliphatic carbocycles. The number of alkyl halides is 4. The molecule has 9 heteroatoms. The van der Waals surface area contributed by atoms with Crippen LogP contribution in [0.5, 0.6) is 0 Å². The number of rotatable bonds is 3. The molecule has 0 saturated carbocycles. The van der Waals surface area contributed by atoms with Gasteiger partial charge in [0.2, 0.25) is 0 Å². The van der Waals surface area contributed by atoms with Crippen LogP contribution in [-0.4, -0.2) is 39.1 Å². The molecule has 0 saturated heterocycles. The Balaban J connectivity index is 0. The van der Waals surface area contributed by atoms with E-state index in [1.54, 1.807) is 32.9 Å². The molecular weight excluding hydrogens is 387 g/mol. The number of hydrogen-bond acceptors (Lipinski definition) is 4. The number of nitrogens with zero attached hydrogens (tertiary/aromatic N) is 2. The maximum absolute atomic E-state index is 12.7. The number of hydrogen-bond donors (Lipinski definition) is 2. The predicted molar refractivity (Wildman–Crippen MR) is 106 cm³/mol. The van der Waals surface area contributed by atoms with Crippen LogP contribution in [0.3, 0.4) is 0 Å². The Morgan fingerprint density at radius 1 is 1.42 bits per heavy atom. The lowest BCUT2D eigenvalue weighted by Gasteiger charge is -2.31. The maximum Gasteiger partial charge on any atom is 0.438 e. The lowest BCUT2D eigenvalue weighted by atomic mass is 9.86. The summed E-state index contributed by atoms with van der Waals surface area (Å²) in [5.74, 6) is 0.522. The number of hydrazone groups is 1. The third-order valence-electron chi connectivity index (χ3n) is 3.17. The molecule has 0 spiro atoms. The molecule has 1 aliphatic heterocycles. The van der Waals surface area contributed by atoms with E-state index in [2.05, 4.69) is 30.2 Å². The molecule has 4 nitrogen and oxygen atoms in total. The Morgan fingerprint density at radius 3 is 2.19 bits per heavy atom. The van der Waals surface area contributed by atoms with Crippen LogP contribution in [0.15, 0.2) is 29.0 Å². The summed E-state index contributed by atoms with van der Waals surface area (Å²) in [6.07, 6.45) is 8.04. The van der Waals surface area contributed by atoms with E-state index in [1.807, 2.05) is 13.0 Å². The van der Waals surface area contributed by atoms with Crippen molar-refractivity contribution in [2.45, 2.75) is 46.0 Å². The second kappa shape index (κ2) is 11.2. The van der Waals surface area contributed by atoms with Gasteiger partial charge in [0.25, 0.3) is 5.72 Å². The van der Waals surface area contributed by atoms with Crippen molar-refractivity contribution in [1.82, 2.24) is 5.01 Å². The van der Waals surface area contributed by atoms with Crippen molar-refractivity contribution in [2.75, 3.05) is 5.88 Å². The highest BCUT2D eigenvalue weighted by Crippen LogP contribution is 2.42. The van der Waals surface area contributed by atoms with Crippen molar-refractivity contribution < 1.29 is 18.3 Å². The molecule has 1 heterocycles. The minimum absolute atomic E-state index is 0.272. The van der Waals surface area contributed by atoms with Crippen molar-refractivity contribution in [2.24, 2.45) is 16.3 Å². The van der Waals surface area contributed by atoms with Gasteiger partial charge in [-0.15, -0.1) is 24.4 Å². The number of nitrogens with two attached hydrogens (primary N) is 1. The van der Waals surface area contributed by atoms with Gasteiger partial charge in [-0.3, -0.25) is 0 Å². The first-order valence-electron chi connectivity index (χ1n) is 7.42. The molecule has 0 fully saturated rings. The van der Waals surface area contributed by atoms with Gasteiger partial charge in [-0.1, -0.05) is 45.1 Å². The fourth-order valence-corrected chi connectivity index (χ4v) is 1.91. The van der Waals surface area contributed by atoms with Crippen LogP contribution in [0, 0.1) is 18.3 Å². The highest BCUT2D eigenvalue weighted by molar-refractivity contribution is 7.78. The molecular formula is C17H25ClF3N3OS. The molecule has 1 atom stereocenters. The normalized spacial score (nSPS) is 20.7. The van der Waals surface area contributed by atoms with Crippen molar-refractivity contribution in [3.05, 3.63) is 23.9 Å². The number of terminal acetylenes is 1. The molecule has 0 aromatic carbocycles. The minimum atomic E-state index is -4.79. The van der Waals surface area contributed by atoms with E-state index >= 15 is 0 Å². The van der Waals surface area contributed by atoms with E-state index in [1.165, 1.54) is 0 Å². The van der Waals surface area contributed by atoms with Crippen LogP contribution >= 0.6 is 23.8 Å². The highest BCUT2D eigenvalue weighted by atomic mass is 35.5. The van der Waals surface area contributed by atoms with Gasteiger partial charge >= 0.3 is 6.18 Å². The molecule has 0 aromatic rings. The summed E-state index contributed by atoms with van der Waals surface area (Å²) >= 11 is 9.77. The van der Waals surface area contributed by atoms with Crippen LogP contribution in [0.1, 0.15) is 34.1 Å². The molecule has 0 radical (unpaired) electrons. The second-order valence-corrected chi connectivity index (χ2v) is 6.60. The molecule has 0 aromatic heterocycles. The number of halogens is 4. The summed E-state index contributed by atoms with van der Waals surface area (Å²) in [6.45, 7) is 7.08. The van der Waals surface area contributed by atoms with E-state index < -0.39 is 23.7 Å². The first-order chi connectivity index (χ1) is 11.8. The second-order valence-electron chi connectivity index (χ2n) is 6.08. The van der Waals surface area contributed by atoms with E-state index in [-0.39, 0.29) is 5.71 Å². The Hall–Kier alpha value is -1.56. The van der Waals surface area contributed by atoms with Gasteiger partial charge in [0, 0.05) is 29.1 Å². The zero-order valence-corrected chi connectivity index (χ0v) is 16.8. The van der Waals surface area contributed by atoms with Gasteiger partial charge in [0.1, 0.15) is 0 Å². The van der Waals surface area contributed by atoms with Crippen LogP contribution in [0.25, 0.3) is 0 Å². The first kappa shape index (κ1) is 26.7. The predicted octanol–water partition coefficient (Wildman–Crippen LogP) is 4.20. The van der Waals surface area contributed by atoms with E-state index in [4.69, 9.17) is 17.3 Å². The molecule has 1 aliphatic rings. The molecule has 0 amide bonds. The van der Waals surface area contributed by atoms with Crippen molar-refractivity contribution in [3.63, 3.8) is 0 Å². The average molecular weight is 412 g/mol. The molecule has 1 unspecified atom stereocenters. The first-order valence-corrected chi connectivity index (χ1v) is 8.43. The van der Waals surface area contributed by atoms with Gasteiger partial charge in [-0.2, -0.15) is 18.3 Å². The van der Waals surface area contributed by atoms with Crippen LogP contribution in [0.4, 0.5) is 13.2 Å². The van der Waals surface area contributed by atoms with Crippen LogP contribution in [-0.2, 0) is 0 Å². The fraction of sp³-hybridized carbons (Fsp3) is 0.529. The smallest absolute Gasteiger partial charge is 0.399 e.